The fraction of sp³-hybridized carbons (Fsp3) is 0.284. The second-order valence-electron chi connectivity index (χ2n) is 27.6. The number of anilines is 15. The summed E-state index contributed by atoms with van der Waals surface area (Å²) in [7, 11) is 14.6. The van der Waals surface area contributed by atoms with Crippen LogP contribution in [0.3, 0.4) is 0 Å². The fourth-order valence-electron chi connectivity index (χ4n) is 13.3. The highest BCUT2D eigenvalue weighted by Gasteiger charge is 2.30. The molecule has 2 aliphatic heterocycles. The number of aromatic nitrogens is 6. The average molecular weight is 1590 g/mol. The number of nitrogens with one attached hydrogen (secondary N) is 5. The molecule has 29 nitrogen and oxygen atoms in total. The largest absolute Gasteiger partial charge is 0.497 e. The summed E-state index contributed by atoms with van der Waals surface area (Å²) in [6, 6.07) is 52.4. The first kappa shape index (κ1) is 84.2. The predicted octanol–water partition coefficient (Wildman–Crippen LogP) is 16.8. The summed E-state index contributed by atoms with van der Waals surface area (Å²) in [6.07, 6.45) is 3.73. The van der Waals surface area contributed by atoms with Crippen molar-refractivity contribution in [2.75, 3.05) is 174 Å². The standard InChI is InChI=1S/C33H39N7O3.C30H32N4O7.C25H31N7O/c1-6-38-16-18-39(19-17-38)26-12-10-25(11-13-26)36-30-21-31(35-22-34-30)40(28-15-14-27(42-4)20-29(28)43-5)33(41)37-32-23(2)8-7-9-24(32)3;1-18-9-8-10-19(2)27(18)41-30(35)34(22-12-11-21(36-3)17-23(22)37-4)26-13-14-31-29(33-26)32-20-15-24(38-5)28(40-7)25(16-20)39-6;1-18-6-5-7-19(2)24(18)29-25(33)31(4)23-16-22(26-17-27-23)28-20-8-10-21(11-9-20)32-14-12-30(3)13-15-32/h7-15,20-22H,6,16-19H2,1-5H3,(H,37,41)(H,34,35,36);8-17H,1-7H3,(H,31,32,33);5-11,16-17H,12-15H2,1-4H3,(H,29,33)(H,26,27,28). The van der Waals surface area contributed by atoms with Gasteiger partial charge in [0.2, 0.25) is 11.7 Å². The number of amides is 5. The highest BCUT2D eigenvalue weighted by molar-refractivity contribution is 6.08. The van der Waals surface area contributed by atoms with Gasteiger partial charge in [-0.2, -0.15) is 4.98 Å². The van der Waals surface area contributed by atoms with Crippen LogP contribution in [0.25, 0.3) is 0 Å². The number of hydrogen-bond donors (Lipinski definition) is 5. The summed E-state index contributed by atoms with van der Waals surface area (Å²) in [5.41, 5.74) is 12.8. The molecule has 0 atom stereocenters. The molecular weight excluding hydrogens is 1490 g/mol. The smallest absolute Gasteiger partial charge is 0.425 e. The molecule has 117 heavy (non-hydrogen) atoms. The second-order valence-corrected chi connectivity index (χ2v) is 27.6. The van der Waals surface area contributed by atoms with Crippen LogP contribution in [0.4, 0.5) is 101 Å². The van der Waals surface area contributed by atoms with E-state index in [1.54, 1.807) is 95.1 Å². The number of hydrogen-bond acceptors (Lipinski definition) is 24. The van der Waals surface area contributed by atoms with Crippen molar-refractivity contribution in [3.63, 3.8) is 0 Å². The molecule has 29 heteroatoms. The van der Waals surface area contributed by atoms with E-state index in [-0.39, 0.29) is 17.8 Å². The number of piperazine rings is 2. The lowest BCUT2D eigenvalue weighted by Crippen LogP contribution is -2.46. The van der Waals surface area contributed by atoms with Crippen molar-refractivity contribution in [2.24, 2.45) is 0 Å². The Balaban J connectivity index is 0.000000174. The van der Waals surface area contributed by atoms with E-state index < -0.39 is 12.1 Å². The third-order valence-corrected chi connectivity index (χ3v) is 20.0. The van der Waals surface area contributed by atoms with Gasteiger partial charge in [0.05, 0.1) is 61.1 Å². The summed E-state index contributed by atoms with van der Waals surface area (Å²) in [5, 5.41) is 15.9. The first-order chi connectivity index (χ1) is 56.6. The molecule has 5 N–H and O–H groups in total. The van der Waals surface area contributed by atoms with Crippen molar-refractivity contribution in [3.05, 3.63) is 222 Å². The Kier molecular flexibility index (Phi) is 28.7. The van der Waals surface area contributed by atoms with E-state index in [0.717, 1.165) is 115 Å². The zero-order valence-electron chi connectivity index (χ0n) is 69.1. The Morgan fingerprint density at radius 2 is 0.872 bits per heavy atom. The lowest BCUT2D eigenvalue weighted by molar-refractivity contribution is 0.209. The van der Waals surface area contributed by atoms with Crippen molar-refractivity contribution in [3.8, 4) is 46.0 Å². The minimum Gasteiger partial charge on any atom is -0.497 e. The number of rotatable bonds is 24. The zero-order valence-corrected chi connectivity index (χ0v) is 69.1. The lowest BCUT2D eigenvalue weighted by Gasteiger charge is -2.35. The van der Waals surface area contributed by atoms with Crippen LogP contribution in [-0.4, -0.2) is 181 Å². The number of carbonyl (C=O) groups excluding carboxylic acids is 3. The lowest BCUT2D eigenvalue weighted by atomic mass is 10.1. The van der Waals surface area contributed by atoms with Crippen LogP contribution in [0.5, 0.6) is 46.0 Å². The van der Waals surface area contributed by atoms with E-state index in [2.05, 4.69) is 114 Å². The normalized spacial score (nSPS) is 12.5. The van der Waals surface area contributed by atoms with Crippen LogP contribution < -0.4 is 89.0 Å². The molecule has 0 radical (unpaired) electrons. The van der Waals surface area contributed by atoms with E-state index in [9.17, 15) is 14.4 Å². The number of nitrogens with zero attached hydrogens (tertiary/aromatic N) is 13. The number of urea groups is 2. The summed E-state index contributed by atoms with van der Waals surface area (Å²) in [5.74, 6) is 6.29. The zero-order chi connectivity index (χ0) is 83.2. The molecule has 13 rings (SSSR count). The van der Waals surface area contributed by atoms with E-state index >= 15 is 0 Å². The molecule has 610 valence electrons. The molecule has 2 saturated heterocycles. The SMILES string of the molecule is CCN1CCN(c2ccc(Nc3cc(N(C(=O)Nc4c(C)cccc4C)c4ccc(OC)cc4OC)ncn3)cc2)CC1.COc1ccc(N(C(=O)Oc2c(C)cccc2C)c2ccnc(Nc3cc(OC)c(OC)c(OC)c3)n2)c(OC)c1.Cc1cccc(C)c1NC(=O)N(C)c1cc(Nc2ccc(N3CCN(C)CC3)cc2)ncn1. The summed E-state index contributed by atoms with van der Waals surface area (Å²) < 4.78 is 44.2. The molecule has 0 saturated carbocycles. The molecule has 3 aromatic heterocycles. The Morgan fingerprint density at radius 3 is 1.34 bits per heavy atom. The van der Waals surface area contributed by atoms with Crippen LogP contribution in [0, 0.1) is 41.5 Å². The Morgan fingerprint density at radius 1 is 0.419 bits per heavy atom. The van der Waals surface area contributed by atoms with Gasteiger partial charge < -0.3 is 84.1 Å². The molecule has 5 amide bonds. The Labute approximate surface area is 683 Å². The van der Waals surface area contributed by atoms with Gasteiger partial charge in [-0.1, -0.05) is 61.5 Å². The van der Waals surface area contributed by atoms with Gasteiger partial charge in [-0.3, -0.25) is 4.90 Å². The van der Waals surface area contributed by atoms with Crippen molar-refractivity contribution in [2.45, 2.75) is 48.5 Å². The summed E-state index contributed by atoms with van der Waals surface area (Å²) in [4.78, 5) is 81.0. The quantitative estimate of drug-likeness (QED) is 0.0376. The van der Waals surface area contributed by atoms with Gasteiger partial charge in [0, 0.05) is 148 Å². The van der Waals surface area contributed by atoms with E-state index in [1.807, 2.05) is 120 Å². The molecule has 0 spiro atoms. The van der Waals surface area contributed by atoms with Gasteiger partial charge in [0.15, 0.2) is 11.5 Å². The molecule has 2 aliphatic rings. The van der Waals surface area contributed by atoms with Gasteiger partial charge >= 0.3 is 18.2 Å². The molecular formula is C88H102N18O11. The van der Waals surface area contributed by atoms with E-state index in [1.165, 1.54) is 73.4 Å². The second kappa shape index (κ2) is 39.9. The van der Waals surface area contributed by atoms with E-state index in [0.29, 0.717) is 86.3 Å². The maximum Gasteiger partial charge on any atom is 0.425 e. The number of benzene rings is 8. The van der Waals surface area contributed by atoms with E-state index in [4.69, 9.17) is 37.9 Å². The first-order valence-electron chi connectivity index (χ1n) is 38.1. The van der Waals surface area contributed by atoms with Gasteiger partial charge in [0.1, 0.15) is 70.5 Å². The topological polar surface area (TPSA) is 285 Å². The number of carbonyl (C=O) groups is 3. The number of ether oxygens (including phenoxy) is 8. The minimum atomic E-state index is -0.691. The number of para-hydroxylation sites is 3. The van der Waals surface area contributed by atoms with Gasteiger partial charge in [-0.25, -0.2) is 49.1 Å². The fourth-order valence-corrected chi connectivity index (χ4v) is 13.3. The highest BCUT2D eigenvalue weighted by Crippen LogP contribution is 2.43. The van der Waals surface area contributed by atoms with Crippen LogP contribution in [-0.2, 0) is 0 Å². The average Bonchev–Trinajstić information content (AvgIpc) is 0.782. The van der Waals surface area contributed by atoms with Crippen molar-refractivity contribution >= 4 is 104 Å². The van der Waals surface area contributed by atoms with Crippen LogP contribution in [0.15, 0.2) is 189 Å². The predicted molar refractivity (Wildman–Crippen MR) is 463 cm³/mol. The number of aryl methyl sites for hydroxylation is 6. The summed E-state index contributed by atoms with van der Waals surface area (Å²) in [6.45, 7) is 23.3. The summed E-state index contributed by atoms with van der Waals surface area (Å²) >= 11 is 0. The first-order valence-corrected chi connectivity index (χ1v) is 38.1. The molecule has 0 aliphatic carbocycles. The molecule has 2 fully saturated rings. The third kappa shape index (κ3) is 21.2. The maximum absolute atomic E-state index is 14.0. The molecule has 8 aromatic carbocycles. The maximum atomic E-state index is 14.0. The molecule has 11 aromatic rings. The van der Waals surface area contributed by atoms with Crippen molar-refractivity contribution in [1.82, 2.24) is 39.7 Å². The van der Waals surface area contributed by atoms with Gasteiger partial charge in [-0.15, -0.1) is 0 Å². The molecule has 5 heterocycles. The number of methoxy groups -OCH3 is 7. The monoisotopic (exact) mass is 1590 g/mol. The Hall–Kier alpha value is -13.7. The Bertz CT molecular complexity index is 5130. The van der Waals surface area contributed by atoms with Crippen LogP contribution in [0.1, 0.15) is 40.3 Å². The minimum absolute atomic E-state index is 0.203. The van der Waals surface area contributed by atoms with Crippen molar-refractivity contribution in [1.29, 1.82) is 0 Å². The van der Waals surface area contributed by atoms with Gasteiger partial charge in [0.25, 0.3) is 0 Å². The third-order valence-electron chi connectivity index (χ3n) is 20.0. The van der Waals surface area contributed by atoms with Crippen LogP contribution >= 0.6 is 0 Å². The molecule has 0 unspecified atom stereocenters. The van der Waals surface area contributed by atoms with Gasteiger partial charge in [-0.05, 0) is 161 Å². The molecule has 0 bridgehead atoms. The van der Waals surface area contributed by atoms with Crippen LogP contribution in [0.2, 0.25) is 0 Å². The van der Waals surface area contributed by atoms with Crippen molar-refractivity contribution < 1.29 is 52.3 Å². The highest BCUT2D eigenvalue weighted by atomic mass is 16.6. The number of likely N-dealkylation sites (N-methyl/N-ethyl adjacent to an activating group) is 2.